The van der Waals surface area contributed by atoms with E-state index in [0.717, 1.165) is 12.8 Å². The van der Waals surface area contributed by atoms with E-state index in [1.165, 1.54) is 18.2 Å². The summed E-state index contributed by atoms with van der Waals surface area (Å²) in [6.45, 7) is 2.72. The molecule has 5 nitrogen and oxygen atoms in total. The summed E-state index contributed by atoms with van der Waals surface area (Å²) in [7, 11) is -1.88. The first-order chi connectivity index (χ1) is 9.01. The fourth-order valence-corrected chi connectivity index (χ4v) is 2.75. The van der Waals surface area contributed by atoms with Gasteiger partial charge in [-0.3, -0.25) is 0 Å². The minimum atomic E-state index is -3.50. The molecule has 1 N–H and O–H groups in total. The van der Waals surface area contributed by atoms with Gasteiger partial charge in [-0.1, -0.05) is 0 Å². The first-order valence-corrected chi connectivity index (χ1v) is 7.49. The van der Waals surface area contributed by atoms with Crippen molar-refractivity contribution >= 4 is 10.0 Å². The Morgan fingerprint density at radius 2 is 2.11 bits per heavy atom. The number of ether oxygens (including phenoxy) is 1. The number of sulfonamides is 1. The van der Waals surface area contributed by atoms with Gasteiger partial charge in [0.2, 0.25) is 10.0 Å². The van der Waals surface area contributed by atoms with Crippen molar-refractivity contribution in [3.63, 3.8) is 0 Å². The van der Waals surface area contributed by atoms with Crippen LogP contribution in [-0.4, -0.2) is 28.7 Å². The number of hydrogen-bond acceptors (Lipinski definition) is 4. The minimum Gasteiger partial charge on any atom is -0.385 e. The number of nitrogens with one attached hydrogen (secondary N) is 1. The van der Waals surface area contributed by atoms with Gasteiger partial charge in [0, 0.05) is 20.3 Å². The number of unbranched alkanes of at least 4 members (excludes halogenated alkanes) is 1. The molecule has 104 valence electrons. The summed E-state index contributed by atoms with van der Waals surface area (Å²) in [6, 6.07) is 6.49. The molecule has 0 aliphatic heterocycles. The average Bonchev–Trinajstić information content (AvgIpc) is 2.38. The van der Waals surface area contributed by atoms with E-state index in [4.69, 9.17) is 10.00 Å². The van der Waals surface area contributed by atoms with Crippen molar-refractivity contribution in [3.05, 3.63) is 29.3 Å². The number of nitrogens with zero attached hydrogens (tertiary/aromatic N) is 1. The van der Waals surface area contributed by atoms with Gasteiger partial charge in [0.25, 0.3) is 0 Å². The lowest BCUT2D eigenvalue weighted by Crippen LogP contribution is -2.25. The Bertz CT molecular complexity index is 562. The maximum Gasteiger partial charge on any atom is 0.240 e. The lowest BCUT2D eigenvalue weighted by Gasteiger charge is -2.08. The van der Waals surface area contributed by atoms with Crippen LogP contribution >= 0.6 is 0 Å². The zero-order chi connectivity index (χ0) is 14.3. The third kappa shape index (κ3) is 4.63. The Morgan fingerprint density at radius 1 is 1.37 bits per heavy atom. The van der Waals surface area contributed by atoms with Crippen LogP contribution in [-0.2, 0) is 14.8 Å². The van der Waals surface area contributed by atoms with E-state index < -0.39 is 10.0 Å². The predicted molar refractivity (Wildman–Crippen MR) is 72.2 cm³/mol. The van der Waals surface area contributed by atoms with Crippen molar-refractivity contribution in [1.82, 2.24) is 4.72 Å². The van der Waals surface area contributed by atoms with E-state index in [1.54, 1.807) is 14.0 Å². The molecule has 0 spiro atoms. The first-order valence-electron chi connectivity index (χ1n) is 6.00. The Morgan fingerprint density at radius 3 is 2.68 bits per heavy atom. The van der Waals surface area contributed by atoms with E-state index in [-0.39, 0.29) is 4.90 Å². The lowest BCUT2D eigenvalue weighted by molar-refractivity contribution is 0.193. The number of methoxy groups -OCH3 is 1. The zero-order valence-corrected chi connectivity index (χ0v) is 12.0. The maximum absolute atomic E-state index is 12.0. The molecule has 0 aromatic heterocycles. The van der Waals surface area contributed by atoms with Gasteiger partial charge in [-0.2, -0.15) is 5.26 Å². The molecular formula is C13H18N2O3S. The van der Waals surface area contributed by atoms with Crippen molar-refractivity contribution < 1.29 is 13.2 Å². The zero-order valence-electron chi connectivity index (χ0n) is 11.1. The highest BCUT2D eigenvalue weighted by molar-refractivity contribution is 7.89. The van der Waals surface area contributed by atoms with Crippen molar-refractivity contribution in [3.8, 4) is 6.07 Å². The van der Waals surface area contributed by atoms with Crippen molar-refractivity contribution in [1.29, 1.82) is 5.26 Å². The molecule has 0 fully saturated rings. The van der Waals surface area contributed by atoms with Gasteiger partial charge in [0.1, 0.15) is 0 Å². The largest absolute Gasteiger partial charge is 0.385 e. The molecule has 0 saturated heterocycles. The molecule has 0 atom stereocenters. The molecule has 0 aliphatic carbocycles. The Kier molecular flexibility index (Phi) is 5.96. The third-order valence-corrected chi connectivity index (χ3v) is 4.15. The first kappa shape index (κ1) is 15.6. The molecular weight excluding hydrogens is 264 g/mol. The SMILES string of the molecule is COCCCCNS(=O)(=O)c1ccc(C#N)c(C)c1. The molecule has 0 bridgehead atoms. The van der Waals surface area contributed by atoms with Crippen LogP contribution in [0.4, 0.5) is 0 Å². The maximum atomic E-state index is 12.0. The summed E-state index contributed by atoms with van der Waals surface area (Å²) < 4.78 is 31.4. The van der Waals surface area contributed by atoms with Crippen LogP contribution in [0.1, 0.15) is 24.0 Å². The number of hydrogen-bond donors (Lipinski definition) is 1. The monoisotopic (exact) mass is 282 g/mol. The normalized spacial score (nSPS) is 11.2. The highest BCUT2D eigenvalue weighted by atomic mass is 32.2. The molecule has 1 rings (SSSR count). The van der Waals surface area contributed by atoms with Crippen LogP contribution in [0.2, 0.25) is 0 Å². The van der Waals surface area contributed by atoms with Gasteiger partial charge in [0.15, 0.2) is 0 Å². The van der Waals surface area contributed by atoms with Crippen LogP contribution in [0.15, 0.2) is 23.1 Å². The van der Waals surface area contributed by atoms with Gasteiger partial charge in [0.05, 0.1) is 16.5 Å². The van der Waals surface area contributed by atoms with Crippen molar-refractivity contribution in [2.45, 2.75) is 24.7 Å². The smallest absolute Gasteiger partial charge is 0.240 e. The summed E-state index contributed by atoms with van der Waals surface area (Å²) >= 11 is 0. The quantitative estimate of drug-likeness (QED) is 0.770. The van der Waals surface area contributed by atoms with E-state index in [2.05, 4.69) is 4.72 Å². The van der Waals surface area contributed by atoms with Crippen molar-refractivity contribution in [2.75, 3.05) is 20.3 Å². The molecule has 1 aromatic rings. The van der Waals surface area contributed by atoms with Crippen LogP contribution in [0.3, 0.4) is 0 Å². The van der Waals surface area contributed by atoms with Crippen LogP contribution in [0, 0.1) is 18.3 Å². The molecule has 0 unspecified atom stereocenters. The molecule has 0 saturated carbocycles. The standard InChI is InChI=1S/C13H18N2O3S/c1-11-9-13(6-5-12(11)10-14)19(16,17)15-7-3-4-8-18-2/h5-6,9,15H,3-4,7-8H2,1-2H3. The molecule has 0 amide bonds. The molecule has 0 radical (unpaired) electrons. The topological polar surface area (TPSA) is 79.2 Å². The fraction of sp³-hybridized carbons (Fsp3) is 0.462. The van der Waals surface area contributed by atoms with Crippen LogP contribution in [0.5, 0.6) is 0 Å². The second-order valence-corrected chi connectivity index (χ2v) is 5.95. The van der Waals surface area contributed by atoms with Crippen LogP contribution < -0.4 is 4.72 Å². The summed E-state index contributed by atoms with van der Waals surface area (Å²) in [5, 5.41) is 8.81. The lowest BCUT2D eigenvalue weighted by atomic mass is 10.1. The van der Waals surface area contributed by atoms with Crippen molar-refractivity contribution in [2.24, 2.45) is 0 Å². The highest BCUT2D eigenvalue weighted by Crippen LogP contribution is 2.14. The van der Waals surface area contributed by atoms with E-state index >= 15 is 0 Å². The Balaban J connectivity index is 2.68. The average molecular weight is 282 g/mol. The fourth-order valence-electron chi connectivity index (χ4n) is 1.59. The molecule has 19 heavy (non-hydrogen) atoms. The Hall–Kier alpha value is -1.42. The van der Waals surface area contributed by atoms with Gasteiger partial charge in [-0.15, -0.1) is 0 Å². The molecule has 0 aliphatic rings. The summed E-state index contributed by atoms with van der Waals surface area (Å²) in [4.78, 5) is 0.191. The van der Waals surface area contributed by atoms with E-state index in [1.807, 2.05) is 6.07 Å². The highest BCUT2D eigenvalue weighted by Gasteiger charge is 2.14. The summed E-state index contributed by atoms with van der Waals surface area (Å²) in [5.41, 5.74) is 1.14. The summed E-state index contributed by atoms with van der Waals surface area (Å²) in [5.74, 6) is 0. The number of rotatable bonds is 7. The van der Waals surface area contributed by atoms with Gasteiger partial charge < -0.3 is 4.74 Å². The Labute approximate surface area is 114 Å². The van der Waals surface area contributed by atoms with E-state index in [9.17, 15) is 8.42 Å². The minimum absolute atomic E-state index is 0.191. The predicted octanol–water partition coefficient (Wildman–Crippen LogP) is 1.57. The van der Waals surface area contributed by atoms with Crippen LogP contribution in [0.25, 0.3) is 0 Å². The molecule has 1 aromatic carbocycles. The number of benzene rings is 1. The number of nitriles is 1. The second-order valence-electron chi connectivity index (χ2n) is 4.19. The third-order valence-electron chi connectivity index (χ3n) is 2.70. The summed E-state index contributed by atoms with van der Waals surface area (Å²) in [6.07, 6.45) is 1.54. The molecule has 6 heteroatoms. The van der Waals surface area contributed by atoms with E-state index in [0.29, 0.717) is 24.3 Å². The van der Waals surface area contributed by atoms with Gasteiger partial charge >= 0.3 is 0 Å². The molecule has 0 heterocycles. The second kappa shape index (κ2) is 7.24. The number of aryl methyl sites for hydroxylation is 1. The van der Waals surface area contributed by atoms with Gasteiger partial charge in [-0.05, 0) is 43.5 Å². The van der Waals surface area contributed by atoms with Gasteiger partial charge in [-0.25, -0.2) is 13.1 Å².